The molecule has 0 aromatic heterocycles. The van der Waals surface area contributed by atoms with E-state index in [0.29, 0.717) is 38.7 Å². The lowest BCUT2D eigenvalue weighted by molar-refractivity contribution is -0.282. The van der Waals surface area contributed by atoms with Gasteiger partial charge in [0.25, 0.3) is 0 Å². The predicted octanol–water partition coefficient (Wildman–Crippen LogP) is 2.49. The van der Waals surface area contributed by atoms with E-state index in [2.05, 4.69) is 0 Å². The topological polar surface area (TPSA) is 229 Å². The summed E-state index contributed by atoms with van der Waals surface area (Å²) >= 11 is 0. The average molecular weight is 751 g/mol. The highest BCUT2D eigenvalue weighted by Crippen LogP contribution is 2.31. The predicted molar refractivity (Wildman–Crippen MR) is 176 cm³/mol. The largest absolute Gasteiger partial charge is 0.697 e. The van der Waals surface area contributed by atoms with Gasteiger partial charge in [0.15, 0.2) is 6.29 Å². The van der Waals surface area contributed by atoms with E-state index in [1.807, 2.05) is 20.8 Å². The van der Waals surface area contributed by atoms with E-state index in [1.54, 1.807) is 6.92 Å². The van der Waals surface area contributed by atoms with Crippen LogP contribution in [0.2, 0.25) is 0 Å². The van der Waals surface area contributed by atoms with E-state index in [-0.39, 0.29) is 51.2 Å². The van der Waals surface area contributed by atoms with Crippen molar-refractivity contribution in [2.24, 2.45) is 11.8 Å². The van der Waals surface area contributed by atoms with Crippen LogP contribution in [0, 0.1) is 11.8 Å². The highest BCUT2D eigenvalue weighted by molar-refractivity contribution is 7.33. The van der Waals surface area contributed by atoms with Crippen LogP contribution in [0.3, 0.4) is 0 Å². The summed E-state index contributed by atoms with van der Waals surface area (Å²) in [5, 5.41) is 58.9. The molecule has 2 heterocycles. The first-order chi connectivity index (χ1) is 23.4. The maximum atomic E-state index is 12.2. The van der Waals surface area contributed by atoms with Crippen molar-refractivity contribution in [3.8, 4) is 0 Å². The van der Waals surface area contributed by atoms with Crippen LogP contribution >= 0.6 is 16.5 Å². The Hall–Kier alpha value is -0.360. The molecule has 49 heavy (non-hydrogen) atoms. The lowest BCUT2D eigenvalue weighted by Crippen LogP contribution is -2.55. The average Bonchev–Trinajstić information content (AvgIpc) is 3.08. The van der Waals surface area contributed by atoms with Crippen molar-refractivity contribution < 1.29 is 76.8 Å². The summed E-state index contributed by atoms with van der Waals surface area (Å²) in [6.07, 6.45) is -1.95. The fourth-order valence-electron chi connectivity index (χ4n) is 5.61. The van der Waals surface area contributed by atoms with Crippen LogP contribution in [-0.2, 0) is 46.2 Å². The molecule has 0 aromatic carbocycles. The molecule has 0 aromatic rings. The molecule has 0 bridgehead atoms. The van der Waals surface area contributed by atoms with Crippen molar-refractivity contribution in [1.29, 1.82) is 0 Å². The molecule has 0 spiro atoms. The number of hydrogen-bond acceptors (Lipinski definition) is 16. The maximum absolute atomic E-state index is 12.2. The van der Waals surface area contributed by atoms with Gasteiger partial charge in [-0.3, -0.25) is 0 Å². The third-order valence-electron chi connectivity index (χ3n) is 8.62. The normalized spacial score (nSPS) is 32.0. The summed E-state index contributed by atoms with van der Waals surface area (Å²) in [5.41, 5.74) is 0. The van der Waals surface area contributed by atoms with Crippen LogP contribution in [0.1, 0.15) is 79.1 Å². The molecule has 0 aliphatic carbocycles. The van der Waals surface area contributed by atoms with Crippen LogP contribution in [-0.4, -0.2) is 138 Å². The molecule has 2 saturated heterocycles. The van der Waals surface area contributed by atoms with Crippen molar-refractivity contribution in [2.75, 3.05) is 46.2 Å². The molecular formula is C31H60O16P2+2. The van der Waals surface area contributed by atoms with Crippen LogP contribution in [0.15, 0.2) is 0 Å². The number of rotatable bonds is 26. The molecular weight excluding hydrogens is 690 g/mol. The highest BCUT2D eigenvalue weighted by Gasteiger charge is 2.43. The molecule has 13 atom stereocenters. The number of aliphatic hydroxyl groups is 6. The van der Waals surface area contributed by atoms with E-state index < -0.39 is 78.1 Å². The van der Waals surface area contributed by atoms with Gasteiger partial charge < -0.3 is 49.6 Å². The van der Waals surface area contributed by atoms with E-state index in [0.717, 1.165) is 19.3 Å². The third kappa shape index (κ3) is 16.5. The van der Waals surface area contributed by atoms with Crippen molar-refractivity contribution in [1.82, 2.24) is 0 Å². The van der Waals surface area contributed by atoms with Gasteiger partial charge in [0.05, 0.1) is 37.6 Å². The van der Waals surface area contributed by atoms with Crippen LogP contribution in [0.25, 0.3) is 0 Å². The van der Waals surface area contributed by atoms with E-state index >= 15 is 0 Å². The summed E-state index contributed by atoms with van der Waals surface area (Å²) in [6, 6.07) is 0. The maximum Gasteiger partial charge on any atom is 0.697 e. The van der Waals surface area contributed by atoms with Gasteiger partial charge in [0, 0.05) is 27.6 Å². The smallest absolute Gasteiger partial charge is 0.394 e. The molecule has 2 rings (SSSR count). The minimum atomic E-state index is -2.41. The molecule has 18 heteroatoms. The van der Waals surface area contributed by atoms with E-state index in [1.165, 1.54) is 0 Å². The number of hydrogen-bond donors (Lipinski definition) is 6. The molecule has 288 valence electrons. The number of ether oxygens (including phenoxy) is 4. The zero-order valence-corrected chi connectivity index (χ0v) is 31.0. The second kappa shape index (κ2) is 24.8. The Kier molecular flexibility index (Phi) is 22.7. The molecule has 0 saturated carbocycles. The Balaban J connectivity index is 1.52. The van der Waals surface area contributed by atoms with Crippen LogP contribution < -0.4 is 0 Å². The second-order valence-corrected chi connectivity index (χ2v) is 14.9. The Bertz CT molecular complexity index is 849. The van der Waals surface area contributed by atoms with Gasteiger partial charge >= 0.3 is 16.5 Å². The van der Waals surface area contributed by atoms with Gasteiger partial charge in [0.2, 0.25) is 0 Å². The lowest BCUT2D eigenvalue weighted by atomic mass is 9.86. The minimum absolute atomic E-state index is 0.0934. The SMILES string of the molecule is CC(C)OC(CO[P+](=O)OCCCCCCC1OC(CO)C(O)C(O)C1C)CO[P+](=O)OCCCCCOC1OC(CO)C(O)C(O)C1C. The Morgan fingerprint density at radius 1 is 0.612 bits per heavy atom. The van der Waals surface area contributed by atoms with Crippen LogP contribution in [0.4, 0.5) is 0 Å². The molecule has 0 radical (unpaired) electrons. The summed E-state index contributed by atoms with van der Waals surface area (Å²) < 4.78 is 68.3. The highest BCUT2D eigenvalue weighted by atomic mass is 31.1. The number of aliphatic hydroxyl groups excluding tert-OH is 6. The molecule has 13 unspecified atom stereocenters. The molecule has 6 N–H and O–H groups in total. The molecule has 16 nitrogen and oxygen atoms in total. The van der Waals surface area contributed by atoms with Gasteiger partial charge in [-0.05, 0) is 46.0 Å². The first-order valence-electron chi connectivity index (χ1n) is 17.4. The molecule has 2 aliphatic rings. The summed E-state index contributed by atoms with van der Waals surface area (Å²) in [4.78, 5) is 0. The zero-order chi connectivity index (χ0) is 36.3. The molecule has 2 fully saturated rings. The van der Waals surface area contributed by atoms with Crippen LogP contribution in [0.5, 0.6) is 0 Å². The van der Waals surface area contributed by atoms with Crippen molar-refractivity contribution in [3.05, 3.63) is 0 Å². The van der Waals surface area contributed by atoms with Gasteiger partial charge in [-0.1, -0.05) is 33.1 Å². The molecule has 2 aliphatic heterocycles. The summed E-state index contributed by atoms with van der Waals surface area (Å²) in [7, 11) is -4.80. The Morgan fingerprint density at radius 3 is 1.65 bits per heavy atom. The summed E-state index contributed by atoms with van der Waals surface area (Å²) in [6.45, 7) is 6.96. The van der Waals surface area contributed by atoms with Crippen molar-refractivity contribution in [3.63, 3.8) is 0 Å². The second-order valence-electron chi connectivity index (χ2n) is 12.9. The van der Waals surface area contributed by atoms with Gasteiger partial charge in [0.1, 0.15) is 56.9 Å². The quantitative estimate of drug-likeness (QED) is 0.0551. The Morgan fingerprint density at radius 2 is 1.10 bits per heavy atom. The lowest BCUT2D eigenvalue weighted by Gasteiger charge is -2.41. The standard InChI is InChI=1S/C31H60O16P2/c1-20(2)45-23(18-43-48(38)41-14-10-6-5-8-12-24-21(3)27(34)29(36)25(16-32)46-24)19-44-49(39)42-15-11-7-9-13-40-31-22(4)28(35)30(37)26(17-33)47-31/h20-37H,5-19H2,1-4H3/q+2. The van der Waals surface area contributed by atoms with Crippen molar-refractivity contribution in [2.45, 2.75) is 140 Å². The number of unbranched alkanes of at least 4 members (excludes halogenated alkanes) is 5. The Labute approximate surface area is 291 Å². The first kappa shape index (κ1) is 44.8. The van der Waals surface area contributed by atoms with Gasteiger partial charge in [-0.2, -0.15) is 0 Å². The fourth-order valence-corrected chi connectivity index (χ4v) is 6.89. The molecule has 0 amide bonds. The minimum Gasteiger partial charge on any atom is -0.394 e. The zero-order valence-electron chi connectivity index (χ0n) is 29.2. The van der Waals surface area contributed by atoms with E-state index in [4.69, 9.17) is 37.0 Å². The van der Waals surface area contributed by atoms with Gasteiger partial charge in [-0.25, -0.2) is 0 Å². The third-order valence-corrected chi connectivity index (χ3v) is 10.1. The van der Waals surface area contributed by atoms with E-state index in [9.17, 15) is 39.8 Å². The monoisotopic (exact) mass is 750 g/mol. The fraction of sp³-hybridized carbons (Fsp3) is 1.00. The first-order valence-corrected chi connectivity index (χ1v) is 19.6. The van der Waals surface area contributed by atoms with Crippen molar-refractivity contribution >= 4 is 16.5 Å². The van der Waals surface area contributed by atoms with Gasteiger partial charge in [-0.15, -0.1) is 18.1 Å². The summed E-state index contributed by atoms with van der Waals surface area (Å²) in [5.74, 6) is -0.696.